The monoisotopic (exact) mass is 380 g/mol. The van der Waals surface area contributed by atoms with E-state index in [2.05, 4.69) is 10.2 Å². The van der Waals surface area contributed by atoms with Crippen LogP contribution in [0.1, 0.15) is 5.56 Å². The molecule has 0 atom stereocenters. The minimum atomic E-state index is 0. The third-order valence-electron chi connectivity index (χ3n) is 3.76. The molecule has 0 saturated carbocycles. The van der Waals surface area contributed by atoms with E-state index in [1.165, 1.54) is 0 Å². The SMILES string of the molecule is COc1cc(CNCCN2CCOCC2)cc(OC)c1OC.[Cl-].[Cl-]. The molecule has 1 N–H and O–H groups in total. The maximum Gasteiger partial charge on any atom is 0.203 e. The predicted octanol–water partition coefficient (Wildman–Crippen LogP) is -4.86. The molecule has 2 rings (SSSR count). The van der Waals surface area contributed by atoms with Gasteiger partial charge in [0.15, 0.2) is 11.5 Å². The fourth-order valence-electron chi connectivity index (χ4n) is 2.53. The van der Waals surface area contributed by atoms with Gasteiger partial charge in [-0.05, 0) is 17.7 Å². The minimum absolute atomic E-state index is 0. The van der Waals surface area contributed by atoms with Crippen LogP contribution in [0.4, 0.5) is 0 Å². The summed E-state index contributed by atoms with van der Waals surface area (Å²) in [5.74, 6) is 2.00. The molecule has 0 bridgehead atoms. The normalized spacial score (nSPS) is 14.3. The van der Waals surface area contributed by atoms with Gasteiger partial charge in [-0.15, -0.1) is 0 Å². The highest BCUT2D eigenvalue weighted by atomic mass is 35.5. The number of methoxy groups -OCH3 is 3. The Kier molecular flexibility index (Phi) is 12.0. The Labute approximate surface area is 156 Å². The van der Waals surface area contributed by atoms with Crippen molar-refractivity contribution in [2.75, 3.05) is 60.7 Å². The van der Waals surface area contributed by atoms with Crippen molar-refractivity contribution in [3.05, 3.63) is 17.7 Å². The molecule has 0 spiro atoms. The highest BCUT2D eigenvalue weighted by molar-refractivity contribution is 5.53. The average Bonchev–Trinajstić information content (AvgIpc) is 2.58. The van der Waals surface area contributed by atoms with E-state index in [0.29, 0.717) is 17.2 Å². The first kappa shape index (κ1) is 23.1. The van der Waals surface area contributed by atoms with Crippen molar-refractivity contribution < 1.29 is 43.8 Å². The molecule has 0 unspecified atom stereocenters. The van der Waals surface area contributed by atoms with E-state index in [-0.39, 0.29) is 24.8 Å². The number of morpholine rings is 1. The van der Waals surface area contributed by atoms with Gasteiger partial charge in [-0.2, -0.15) is 0 Å². The lowest BCUT2D eigenvalue weighted by molar-refractivity contribution is -0.00100. The van der Waals surface area contributed by atoms with Gasteiger partial charge in [0.05, 0.1) is 34.5 Å². The number of ether oxygens (including phenoxy) is 4. The zero-order chi connectivity index (χ0) is 15.8. The molecule has 1 aromatic carbocycles. The highest BCUT2D eigenvalue weighted by Crippen LogP contribution is 2.38. The van der Waals surface area contributed by atoms with Gasteiger partial charge in [-0.3, -0.25) is 4.90 Å². The summed E-state index contributed by atoms with van der Waals surface area (Å²) in [5.41, 5.74) is 1.11. The maximum absolute atomic E-state index is 5.37. The van der Waals surface area contributed by atoms with Gasteiger partial charge < -0.3 is 49.1 Å². The largest absolute Gasteiger partial charge is 1.00 e. The minimum Gasteiger partial charge on any atom is -1.00 e. The van der Waals surface area contributed by atoms with Gasteiger partial charge >= 0.3 is 0 Å². The van der Waals surface area contributed by atoms with Crippen LogP contribution in [-0.4, -0.2) is 65.6 Å². The van der Waals surface area contributed by atoms with Gasteiger partial charge in [-0.25, -0.2) is 0 Å². The van der Waals surface area contributed by atoms with Crippen molar-refractivity contribution in [3.8, 4) is 17.2 Å². The van der Waals surface area contributed by atoms with E-state index < -0.39 is 0 Å². The average molecular weight is 381 g/mol. The van der Waals surface area contributed by atoms with Crippen molar-refractivity contribution >= 4 is 0 Å². The number of rotatable bonds is 8. The first-order valence-corrected chi connectivity index (χ1v) is 7.58. The molecule has 0 amide bonds. The van der Waals surface area contributed by atoms with Crippen LogP contribution in [0.5, 0.6) is 17.2 Å². The van der Waals surface area contributed by atoms with Crippen molar-refractivity contribution in [3.63, 3.8) is 0 Å². The Balaban J connectivity index is 0.00000264. The van der Waals surface area contributed by atoms with Crippen LogP contribution in [0.15, 0.2) is 12.1 Å². The van der Waals surface area contributed by atoms with E-state index in [9.17, 15) is 0 Å². The molecular formula is C16H26Cl2N2O4-2. The number of nitrogens with one attached hydrogen (secondary N) is 1. The topological polar surface area (TPSA) is 52.2 Å². The zero-order valence-electron chi connectivity index (χ0n) is 14.4. The molecule has 140 valence electrons. The molecule has 8 heteroatoms. The van der Waals surface area contributed by atoms with Crippen LogP contribution in [0.3, 0.4) is 0 Å². The van der Waals surface area contributed by atoms with Gasteiger partial charge in [0, 0.05) is 32.7 Å². The third kappa shape index (κ3) is 6.53. The predicted molar refractivity (Wildman–Crippen MR) is 85.1 cm³/mol. The Bertz CT molecular complexity index is 446. The second-order valence-corrected chi connectivity index (χ2v) is 5.16. The first-order chi connectivity index (χ1) is 10.8. The molecule has 1 heterocycles. The fraction of sp³-hybridized carbons (Fsp3) is 0.625. The summed E-state index contributed by atoms with van der Waals surface area (Å²) in [4.78, 5) is 2.41. The van der Waals surface area contributed by atoms with E-state index in [1.807, 2.05) is 12.1 Å². The van der Waals surface area contributed by atoms with E-state index in [4.69, 9.17) is 18.9 Å². The lowest BCUT2D eigenvalue weighted by atomic mass is 10.1. The number of halogens is 2. The molecule has 1 fully saturated rings. The van der Waals surface area contributed by atoms with Gasteiger partial charge in [-0.1, -0.05) is 0 Å². The summed E-state index contributed by atoms with van der Waals surface area (Å²) in [6.07, 6.45) is 0. The first-order valence-electron chi connectivity index (χ1n) is 7.58. The van der Waals surface area contributed by atoms with Crippen molar-refractivity contribution in [2.24, 2.45) is 0 Å². The van der Waals surface area contributed by atoms with Crippen LogP contribution in [-0.2, 0) is 11.3 Å². The van der Waals surface area contributed by atoms with Crippen LogP contribution >= 0.6 is 0 Å². The van der Waals surface area contributed by atoms with Crippen molar-refractivity contribution in [1.29, 1.82) is 0 Å². The summed E-state index contributed by atoms with van der Waals surface area (Å²) in [7, 11) is 4.88. The Morgan fingerprint density at radius 2 is 1.58 bits per heavy atom. The molecule has 6 nitrogen and oxygen atoms in total. The lowest BCUT2D eigenvalue weighted by Crippen LogP contribution is -3.00. The molecule has 1 aromatic rings. The Morgan fingerprint density at radius 1 is 1.00 bits per heavy atom. The van der Waals surface area contributed by atoms with E-state index in [1.54, 1.807) is 21.3 Å². The van der Waals surface area contributed by atoms with Crippen LogP contribution in [0.25, 0.3) is 0 Å². The fourth-order valence-corrected chi connectivity index (χ4v) is 2.53. The van der Waals surface area contributed by atoms with Crippen molar-refractivity contribution in [1.82, 2.24) is 10.2 Å². The summed E-state index contributed by atoms with van der Waals surface area (Å²) in [5, 5.41) is 3.45. The van der Waals surface area contributed by atoms with E-state index in [0.717, 1.165) is 51.5 Å². The summed E-state index contributed by atoms with van der Waals surface area (Å²) in [6, 6.07) is 3.95. The maximum atomic E-state index is 5.37. The van der Waals surface area contributed by atoms with Crippen LogP contribution in [0, 0.1) is 0 Å². The highest BCUT2D eigenvalue weighted by Gasteiger charge is 2.13. The van der Waals surface area contributed by atoms with Gasteiger partial charge in [0.25, 0.3) is 0 Å². The van der Waals surface area contributed by atoms with Crippen LogP contribution in [0.2, 0.25) is 0 Å². The number of hydrogen-bond acceptors (Lipinski definition) is 6. The van der Waals surface area contributed by atoms with E-state index >= 15 is 0 Å². The number of nitrogens with zero attached hydrogens (tertiary/aromatic N) is 1. The quantitative estimate of drug-likeness (QED) is 0.456. The summed E-state index contributed by atoms with van der Waals surface area (Å²) < 4.78 is 21.4. The van der Waals surface area contributed by atoms with Crippen LogP contribution < -0.4 is 44.3 Å². The van der Waals surface area contributed by atoms with Gasteiger partial charge in [0.2, 0.25) is 5.75 Å². The third-order valence-corrected chi connectivity index (χ3v) is 3.76. The lowest BCUT2D eigenvalue weighted by Gasteiger charge is -2.26. The molecule has 0 aromatic heterocycles. The van der Waals surface area contributed by atoms with Gasteiger partial charge in [0.1, 0.15) is 0 Å². The summed E-state index contributed by atoms with van der Waals surface area (Å²) >= 11 is 0. The molecular weight excluding hydrogens is 355 g/mol. The summed E-state index contributed by atoms with van der Waals surface area (Å²) in [6.45, 7) is 6.46. The molecule has 1 saturated heterocycles. The number of hydrogen-bond donors (Lipinski definition) is 1. The molecule has 1 aliphatic heterocycles. The smallest absolute Gasteiger partial charge is 0.203 e. The zero-order valence-corrected chi connectivity index (χ0v) is 16.0. The van der Waals surface area contributed by atoms with Crippen molar-refractivity contribution in [2.45, 2.75) is 6.54 Å². The molecule has 24 heavy (non-hydrogen) atoms. The molecule has 1 aliphatic rings. The standard InChI is InChI=1S/C16H26N2O4.2ClH/c1-19-14-10-13(11-15(20-2)16(14)21-3)12-17-4-5-18-6-8-22-9-7-18;;/h10-11,17H,4-9,12H2,1-3H3;2*1H/p-2. The molecule has 0 aliphatic carbocycles. The molecule has 0 radical (unpaired) electrons. The second-order valence-electron chi connectivity index (χ2n) is 5.16. The second kappa shape index (κ2) is 12.4. The number of benzene rings is 1. The Morgan fingerprint density at radius 3 is 2.08 bits per heavy atom. The Hall–Kier alpha value is -0.920.